The summed E-state index contributed by atoms with van der Waals surface area (Å²) in [5, 5.41) is -1.37. The van der Waals surface area contributed by atoms with Crippen molar-refractivity contribution in [1.29, 1.82) is 0 Å². The number of nitrogens with zero attached hydrogens (tertiary/aromatic N) is 2. The highest BCUT2D eigenvalue weighted by Gasteiger charge is 2.39. The van der Waals surface area contributed by atoms with Crippen molar-refractivity contribution in [2.24, 2.45) is 0 Å². The second kappa shape index (κ2) is 5.16. The lowest BCUT2D eigenvalue weighted by Gasteiger charge is -2.15. The highest BCUT2D eigenvalue weighted by atomic mass is 32.3. The summed E-state index contributed by atoms with van der Waals surface area (Å²) in [6, 6.07) is 2.76. The summed E-state index contributed by atoms with van der Waals surface area (Å²) in [6.45, 7) is -0.267. The third-order valence-electron chi connectivity index (χ3n) is 2.94. The number of rotatable bonds is 3. The lowest BCUT2D eigenvalue weighted by atomic mass is 10.3. The molecule has 0 saturated carbocycles. The van der Waals surface area contributed by atoms with Crippen molar-refractivity contribution in [1.82, 2.24) is 4.98 Å². The molecule has 0 aromatic carbocycles. The summed E-state index contributed by atoms with van der Waals surface area (Å²) >= 11 is 0. The van der Waals surface area contributed by atoms with Crippen LogP contribution in [0.15, 0.2) is 18.3 Å². The number of carbonyl (C=O) groups excluding carboxylic acids is 2. The number of anilines is 1. The van der Waals surface area contributed by atoms with Gasteiger partial charge in [-0.1, -0.05) is 0 Å². The summed E-state index contributed by atoms with van der Waals surface area (Å²) in [4.78, 5) is 27.8. The molecular weight excluding hydrogens is 291 g/mol. The third kappa shape index (κ3) is 2.77. The first-order valence-electron chi connectivity index (χ1n) is 5.61. The molecule has 1 fully saturated rings. The Hall–Kier alpha value is -2.03. The van der Waals surface area contributed by atoms with E-state index >= 15 is 0 Å². The van der Waals surface area contributed by atoms with Gasteiger partial charge in [0, 0.05) is 13.0 Å². The van der Waals surface area contributed by atoms with Crippen molar-refractivity contribution in [3.8, 4) is 0 Å². The monoisotopic (exact) mass is 302 g/mol. The fraction of sp³-hybridized carbons (Fsp3) is 0.364. The number of esters is 1. The standard InChI is InChI=1S/C11H11FN2O5S/c1-19-11(16)9-3-2-7(5-13-9)14-6-8(4-10(14)15)20(12,17)18/h2-3,5,8H,4,6H2,1H3. The first kappa shape index (κ1) is 14.4. The molecule has 1 aliphatic heterocycles. The summed E-state index contributed by atoms with van der Waals surface area (Å²) in [5.41, 5.74) is 0.353. The minimum absolute atomic E-state index is 0.0533. The first-order valence-corrected chi connectivity index (χ1v) is 7.06. The predicted molar refractivity (Wildman–Crippen MR) is 66.4 cm³/mol. The molecule has 2 heterocycles. The van der Waals surface area contributed by atoms with Crippen LogP contribution >= 0.6 is 0 Å². The van der Waals surface area contributed by atoms with Crippen molar-refractivity contribution >= 4 is 27.8 Å². The molecule has 108 valence electrons. The van der Waals surface area contributed by atoms with Gasteiger partial charge in [0.05, 0.1) is 19.0 Å². The number of hydrogen-bond acceptors (Lipinski definition) is 6. The Morgan fingerprint density at radius 2 is 2.20 bits per heavy atom. The highest BCUT2D eigenvalue weighted by Crippen LogP contribution is 2.25. The number of amides is 1. The molecule has 0 bridgehead atoms. The average molecular weight is 302 g/mol. The largest absolute Gasteiger partial charge is 0.464 e. The lowest BCUT2D eigenvalue weighted by Crippen LogP contribution is -2.27. The van der Waals surface area contributed by atoms with Crippen molar-refractivity contribution < 1.29 is 26.6 Å². The molecule has 0 spiro atoms. The maximum absolute atomic E-state index is 12.9. The maximum Gasteiger partial charge on any atom is 0.356 e. The van der Waals surface area contributed by atoms with E-state index in [9.17, 15) is 21.9 Å². The molecule has 1 atom stereocenters. The van der Waals surface area contributed by atoms with Crippen molar-refractivity contribution in [2.75, 3.05) is 18.6 Å². The van der Waals surface area contributed by atoms with Gasteiger partial charge in [-0.25, -0.2) is 9.78 Å². The molecule has 20 heavy (non-hydrogen) atoms. The van der Waals surface area contributed by atoms with Gasteiger partial charge in [-0.2, -0.15) is 8.42 Å². The Morgan fingerprint density at radius 1 is 1.50 bits per heavy atom. The molecule has 1 saturated heterocycles. The minimum atomic E-state index is -4.76. The summed E-state index contributed by atoms with van der Waals surface area (Å²) in [6.07, 6.45) is 0.828. The first-order chi connectivity index (χ1) is 9.32. The topological polar surface area (TPSA) is 93.6 Å². The SMILES string of the molecule is COC(=O)c1ccc(N2CC(S(=O)(=O)F)CC2=O)cn1. The molecule has 1 aliphatic rings. The Morgan fingerprint density at radius 3 is 2.65 bits per heavy atom. The van der Waals surface area contributed by atoms with E-state index in [2.05, 4.69) is 9.72 Å². The van der Waals surface area contributed by atoms with Crippen molar-refractivity contribution in [3.63, 3.8) is 0 Å². The third-order valence-corrected chi connectivity index (χ3v) is 4.05. The number of ether oxygens (including phenoxy) is 1. The van der Waals surface area contributed by atoms with Crippen LogP contribution in [-0.2, 0) is 19.8 Å². The van der Waals surface area contributed by atoms with Gasteiger partial charge in [0.15, 0.2) is 0 Å². The van der Waals surface area contributed by atoms with Crippen LogP contribution in [-0.4, -0.2) is 44.2 Å². The van der Waals surface area contributed by atoms with Gasteiger partial charge >= 0.3 is 16.2 Å². The minimum Gasteiger partial charge on any atom is -0.464 e. The van der Waals surface area contributed by atoms with Crippen LogP contribution in [0.5, 0.6) is 0 Å². The van der Waals surface area contributed by atoms with Crippen LogP contribution < -0.4 is 4.90 Å². The van der Waals surface area contributed by atoms with Crippen molar-refractivity contribution in [2.45, 2.75) is 11.7 Å². The molecule has 9 heteroatoms. The number of pyridine rings is 1. The van der Waals surface area contributed by atoms with Crippen LogP contribution in [0.4, 0.5) is 9.57 Å². The molecule has 0 aliphatic carbocycles. The second-order valence-electron chi connectivity index (χ2n) is 4.20. The zero-order valence-electron chi connectivity index (χ0n) is 10.4. The molecule has 0 radical (unpaired) electrons. The zero-order valence-corrected chi connectivity index (χ0v) is 11.3. The normalized spacial score (nSPS) is 19.2. The summed E-state index contributed by atoms with van der Waals surface area (Å²) in [5.74, 6) is -1.14. The van der Waals surface area contributed by atoms with E-state index in [1.807, 2.05) is 0 Å². The molecule has 1 amide bonds. The van der Waals surface area contributed by atoms with Crippen LogP contribution in [0.1, 0.15) is 16.9 Å². The highest BCUT2D eigenvalue weighted by molar-refractivity contribution is 7.87. The molecule has 0 N–H and O–H groups in total. The zero-order chi connectivity index (χ0) is 14.9. The van der Waals surface area contributed by atoms with E-state index in [-0.39, 0.29) is 12.2 Å². The fourth-order valence-electron chi connectivity index (χ4n) is 1.88. The van der Waals surface area contributed by atoms with Crippen LogP contribution in [0, 0.1) is 0 Å². The number of halogens is 1. The Labute approximate surface area is 114 Å². The van der Waals surface area contributed by atoms with Crippen LogP contribution in [0.3, 0.4) is 0 Å². The molecular formula is C11H11FN2O5S. The Bertz CT molecular complexity index is 643. The molecule has 1 aromatic heterocycles. The van der Waals surface area contributed by atoms with Gasteiger partial charge in [-0.05, 0) is 12.1 Å². The quantitative estimate of drug-likeness (QED) is 0.588. The predicted octanol–water partition coefficient (Wildman–Crippen LogP) is 0.273. The molecule has 1 unspecified atom stereocenters. The number of hydrogen-bond donors (Lipinski definition) is 0. The van der Waals surface area contributed by atoms with Gasteiger partial charge in [-0.15, -0.1) is 3.89 Å². The van der Waals surface area contributed by atoms with E-state index < -0.39 is 33.8 Å². The summed E-state index contributed by atoms with van der Waals surface area (Å²) < 4.78 is 39.0. The molecule has 7 nitrogen and oxygen atoms in total. The van der Waals surface area contributed by atoms with E-state index in [1.54, 1.807) is 0 Å². The number of aromatic nitrogens is 1. The smallest absolute Gasteiger partial charge is 0.356 e. The van der Waals surface area contributed by atoms with Gasteiger partial charge < -0.3 is 9.64 Å². The molecule has 2 rings (SSSR count). The average Bonchev–Trinajstić information content (AvgIpc) is 2.80. The summed E-state index contributed by atoms with van der Waals surface area (Å²) in [7, 11) is -3.55. The van der Waals surface area contributed by atoms with Gasteiger partial charge in [0.1, 0.15) is 10.9 Å². The van der Waals surface area contributed by atoms with Gasteiger partial charge in [0.25, 0.3) is 0 Å². The van der Waals surface area contributed by atoms with Gasteiger partial charge in [0.2, 0.25) is 5.91 Å². The van der Waals surface area contributed by atoms with E-state index in [4.69, 9.17) is 0 Å². The van der Waals surface area contributed by atoms with Crippen LogP contribution in [0.2, 0.25) is 0 Å². The fourth-order valence-corrected chi connectivity index (χ4v) is 2.55. The van der Waals surface area contributed by atoms with Gasteiger partial charge in [-0.3, -0.25) is 4.79 Å². The van der Waals surface area contributed by atoms with Crippen LogP contribution in [0.25, 0.3) is 0 Å². The lowest BCUT2D eigenvalue weighted by molar-refractivity contribution is -0.117. The van der Waals surface area contributed by atoms with E-state index in [1.165, 1.54) is 25.4 Å². The maximum atomic E-state index is 12.9. The number of carbonyl (C=O) groups is 2. The Kier molecular flexibility index (Phi) is 3.71. The van der Waals surface area contributed by atoms with E-state index in [0.29, 0.717) is 5.69 Å². The van der Waals surface area contributed by atoms with E-state index in [0.717, 1.165) is 4.90 Å². The van der Waals surface area contributed by atoms with Crippen molar-refractivity contribution in [3.05, 3.63) is 24.0 Å². The molecule has 1 aromatic rings. The Balaban J connectivity index is 2.21. The second-order valence-corrected chi connectivity index (χ2v) is 5.82. The number of methoxy groups -OCH3 is 1.